The zero-order valence-corrected chi connectivity index (χ0v) is 11.6. The molecule has 20 heavy (non-hydrogen) atoms. The fraction of sp³-hybridized carbons (Fsp3) is 0.0714. The first-order valence-electron chi connectivity index (χ1n) is 5.86. The molecule has 1 aromatic carbocycles. The van der Waals surface area contributed by atoms with E-state index in [-0.39, 0.29) is 0 Å². The number of esters is 1. The normalized spacial score (nSPS) is 9.65. The largest absolute Gasteiger partial charge is 0.465 e. The minimum atomic E-state index is -0.419. The third-order valence-electron chi connectivity index (χ3n) is 2.50. The van der Waals surface area contributed by atoms with Gasteiger partial charge in [-0.15, -0.1) is 0 Å². The average Bonchev–Trinajstić information content (AvgIpc) is 2.48. The number of nitrogens with zero attached hydrogens (tertiary/aromatic N) is 1. The number of carbonyl (C=O) groups is 1. The van der Waals surface area contributed by atoms with Gasteiger partial charge in [0.2, 0.25) is 0 Å². The number of ether oxygens (including phenoxy) is 1. The van der Waals surface area contributed by atoms with E-state index in [1.165, 1.54) is 7.11 Å². The van der Waals surface area contributed by atoms with Gasteiger partial charge < -0.3 is 15.4 Å². The smallest absolute Gasteiger partial charge is 0.339 e. The Bertz CT molecular complexity index is 617. The van der Waals surface area contributed by atoms with Crippen molar-refractivity contribution in [2.45, 2.75) is 0 Å². The van der Waals surface area contributed by atoms with Crippen LogP contribution in [0.1, 0.15) is 10.4 Å². The van der Waals surface area contributed by atoms with Crippen molar-refractivity contribution in [3.63, 3.8) is 0 Å². The van der Waals surface area contributed by atoms with Crippen molar-refractivity contribution in [3.8, 4) is 0 Å². The van der Waals surface area contributed by atoms with Crippen LogP contribution in [0.15, 0.2) is 48.8 Å². The van der Waals surface area contributed by atoms with Crippen LogP contribution >= 0.6 is 12.2 Å². The number of hydrogen-bond donors (Lipinski definition) is 2. The second-order valence-corrected chi connectivity index (χ2v) is 4.27. The number of benzene rings is 1. The van der Waals surface area contributed by atoms with Crippen LogP contribution in [0.5, 0.6) is 0 Å². The van der Waals surface area contributed by atoms with E-state index in [0.29, 0.717) is 16.4 Å². The standard InChI is InChI=1S/C14H13N3O2S/c1-19-13(18)11-6-2-3-7-12(11)17-14(20)16-10-5-4-8-15-9-10/h2-9H,1H3,(H2,16,17,20). The lowest BCUT2D eigenvalue weighted by molar-refractivity contribution is 0.0602. The number of thiocarbonyl (C=S) groups is 1. The van der Waals surface area contributed by atoms with Gasteiger partial charge in [-0.3, -0.25) is 4.98 Å². The molecule has 5 nitrogen and oxygen atoms in total. The summed E-state index contributed by atoms with van der Waals surface area (Å²) in [4.78, 5) is 15.6. The fourth-order valence-electron chi connectivity index (χ4n) is 1.60. The number of nitrogens with one attached hydrogen (secondary N) is 2. The van der Waals surface area contributed by atoms with E-state index in [0.717, 1.165) is 5.69 Å². The maximum Gasteiger partial charge on any atom is 0.339 e. The minimum Gasteiger partial charge on any atom is -0.465 e. The van der Waals surface area contributed by atoms with E-state index >= 15 is 0 Å². The molecule has 2 rings (SSSR count). The Hall–Kier alpha value is -2.47. The summed E-state index contributed by atoms with van der Waals surface area (Å²) in [5.41, 5.74) is 1.77. The Morgan fingerprint density at radius 1 is 1.20 bits per heavy atom. The van der Waals surface area contributed by atoms with Gasteiger partial charge in [-0.1, -0.05) is 12.1 Å². The van der Waals surface area contributed by atoms with Crippen LogP contribution in [0.25, 0.3) is 0 Å². The van der Waals surface area contributed by atoms with Crippen LogP contribution in [-0.2, 0) is 4.74 Å². The number of rotatable bonds is 3. The molecule has 0 aliphatic rings. The van der Waals surface area contributed by atoms with Gasteiger partial charge in [0.05, 0.1) is 30.2 Å². The summed E-state index contributed by atoms with van der Waals surface area (Å²) < 4.78 is 4.72. The highest BCUT2D eigenvalue weighted by Crippen LogP contribution is 2.16. The zero-order chi connectivity index (χ0) is 14.4. The van der Waals surface area contributed by atoms with Gasteiger partial charge in [-0.25, -0.2) is 4.79 Å². The van der Waals surface area contributed by atoms with Crippen molar-refractivity contribution in [2.24, 2.45) is 0 Å². The summed E-state index contributed by atoms with van der Waals surface area (Å²) in [5, 5.41) is 6.32. The highest BCUT2D eigenvalue weighted by Gasteiger charge is 2.11. The molecular formula is C14H13N3O2S. The minimum absolute atomic E-state index is 0.370. The van der Waals surface area contributed by atoms with Gasteiger partial charge in [0.15, 0.2) is 5.11 Å². The Kier molecular flexibility index (Phi) is 4.62. The molecule has 0 atom stereocenters. The molecule has 0 amide bonds. The molecule has 2 aromatic rings. The third-order valence-corrected chi connectivity index (χ3v) is 2.70. The van der Waals surface area contributed by atoms with Crippen LogP contribution in [0, 0.1) is 0 Å². The van der Waals surface area contributed by atoms with Gasteiger partial charge in [-0.05, 0) is 36.5 Å². The van der Waals surface area contributed by atoms with Crippen LogP contribution in [0.3, 0.4) is 0 Å². The van der Waals surface area contributed by atoms with Crippen molar-refractivity contribution in [3.05, 3.63) is 54.4 Å². The molecule has 1 aromatic heterocycles. The number of anilines is 2. The molecule has 2 N–H and O–H groups in total. The number of methoxy groups -OCH3 is 1. The molecule has 102 valence electrons. The van der Waals surface area contributed by atoms with Gasteiger partial charge >= 0.3 is 5.97 Å². The van der Waals surface area contributed by atoms with E-state index in [1.807, 2.05) is 12.1 Å². The summed E-state index contributed by atoms with van der Waals surface area (Å²) in [6.07, 6.45) is 3.33. The van der Waals surface area contributed by atoms with Gasteiger partial charge in [0.25, 0.3) is 0 Å². The summed E-state index contributed by atoms with van der Waals surface area (Å²) in [6, 6.07) is 10.6. The molecule has 0 bridgehead atoms. The number of carbonyl (C=O) groups excluding carboxylic acids is 1. The molecule has 6 heteroatoms. The summed E-state index contributed by atoms with van der Waals surface area (Å²) >= 11 is 5.20. The Labute approximate surface area is 122 Å². The topological polar surface area (TPSA) is 63.2 Å². The Morgan fingerprint density at radius 2 is 2.00 bits per heavy atom. The second-order valence-electron chi connectivity index (χ2n) is 3.86. The van der Waals surface area contributed by atoms with E-state index in [2.05, 4.69) is 15.6 Å². The number of aromatic nitrogens is 1. The molecule has 0 radical (unpaired) electrons. The first kappa shape index (κ1) is 14.0. The number of para-hydroxylation sites is 1. The van der Waals surface area contributed by atoms with Crippen LogP contribution in [-0.4, -0.2) is 23.2 Å². The zero-order valence-electron chi connectivity index (χ0n) is 10.8. The fourth-order valence-corrected chi connectivity index (χ4v) is 1.83. The molecule has 0 aliphatic carbocycles. The van der Waals surface area contributed by atoms with Crippen molar-refractivity contribution in [1.82, 2.24) is 4.98 Å². The van der Waals surface area contributed by atoms with E-state index in [4.69, 9.17) is 17.0 Å². The van der Waals surface area contributed by atoms with Crippen LogP contribution < -0.4 is 10.6 Å². The second kappa shape index (κ2) is 6.63. The SMILES string of the molecule is COC(=O)c1ccccc1NC(=S)Nc1cccnc1. The number of hydrogen-bond acceptors (Lipinski definition) is 4. The lowest BCUT2D eigenvalue weighted by atomic mass is 10.2. The molecule has 0 unspecified atom stereocenters. The summed E-state index contributed by atoms with van der Waals surface area (Å²) in [5.74, 6) is -0.419. The van der Waals surface area contributed by atoms with Crippen molar-refractivity contribution >= 4 is 34.7 Å². The molecule has 0 aliphatic heterocycles. The van der Waals surface area contributed by atoms with Gasteiger partial charge in [0.1, 0.15) is 0 Å². The quantitative estimate of drug-likeness (QED) is 0.668. The predicted octanol–water partition coefficient (Wildman–Crippen LogP) is 2.68. The first-order valence-corrected chi connectivity index (χ1v) is 6.27. The molecule has 0 spiro atoms. The Morgan fingerprint density at radius 3 is 2.70 bits per heavy atom. The lowest BCUT2D eigenvalue weighted by Gasteiger charge is -2.12. The molecule has 0 saturated heterocycles. The summed E-state index contributed by atoms with van der Waals surface area (Å²) in [7, 11) is 1.34. The highest BCUT2D eigenvalue weighted by atomic mass is 32.1. The van der Waals surface area contributed by atoms with E-state index < -0.39 is 5.97 Å². The van der Waals surface area contributed by atoms with Crippen LogP contribution in [0.4, 0.5) is 11.4 Å². The van der Waals surface area contributed by atoms with Crippen LogP contribution in [0.2, 0.25) is 0 Å². The molecule has 0 fully saturated rings. The van der Waals surface area contributed by atoms with Crippen molar-refractivity contribution in [2.75, 3.05) is 17.7 Å². The maximum absolute atomic E-state index is 11.6. The van der Waals surface area contributed by atoms with E-state index in [9.17, 15) is 4.79 Å². The highest BCUT2D eigenvalue weighted by molar-refractivity contribution is 7.80. The Balaban J connectivity index is 2.10. The third kappa shape index (κ3) is 3.52. The van der Waals surface area contributed by atoms with Gasteiger partial charge in [0, 0.05) is 6.20 Å². The monoisotopic (exact) mass is 287 g/mol. The lowest BCUT2D eigenvalue weighted by Crippen LogP contribution is -2.20. The first-order chi connectivity index (χ1) is 9.70. The molecular weight excluding hydrogens is 274 g/mol. The van der Waals surface area contributed by atoms with Gasteiger partial charge in [-0.2, -0.15) is 0 Å². The van der Waals surface area contributed by atoms with Crippen molar-refractivity contribution < 1.29 is 9.53 Å². The predicted molar refractivity (Wildman–Crippen MR) is 81.9 cm³/mol. The van der Waals surface area contributed by atoms with Crippen molar-refractivity contribution in [1.29, 1.82) is 0 Å². The average molecular weight is 287 g/mol. The molecule has 1 heterocycles. The maximum atomic E-state index is 11.6. The van der Waals surface area contributed by atoms with E-state index in [1.54, 1.807) is 36.7 Å². The number of pyridine rings is 1. The summed E-state index contributed by atoms with van der Waals surface area (Å²) in [6.45, 7) is 0. The molecule has 0 saturated carbocycles.